The maximum absolute atomic E-state index is 11.3. The summed E-state index contributed by atoms with van der Waals surface area (Å²) in [6.45, 7) is 0. The first-order valence-electron chi connectivity index (χ1n) is 10.0. The van der Waals surface area contributed by atoms with Crippen LogP contribution in [-0.2, 0) is 18.6 Å². The number of anilines is 1. The number of ether oxygens (including phenoxy) is 1. The number of benzene rings is 3. The van der Waals surface area contributed by atoms with Crippen molar-refractivity contribution in [1.29, 1.82) is 0 Å². The number of methoxy groups -OCH3 is 1. The average Bonchev–Trinajstić information content (AvgIpc) is 3.60. The Morgan fingerprint density at radius 2 is 1.71 bits per heavy atom. The molecule has 1 saturated carbocycles. The first kappa shape index (κ1) is 29.0. The molecule has 0 radical (unpaired) electrons. The molecule has 2 atom stereocenters. The average molecular weight is 618 g/mol. The fraction of sp³-hybridized carbons (Fsp3) is 0.160. The molecule has 1 aliphatic rings. The van der Waals surface area contributed by atoms with Gasteiger partial charge in [-0.3, -0.25) is 4.79 Å². The van der Waals surface area contributed by atoms with Gasteiger partial charge in [0.1, 0.15) is 0 Å². The highest BCUT2D eigenvalue weighted by Gasteiger charge is 2.45. The Morgan fingerprint density at radius 3 is 2.20 bits per heavy atom. The molecule has 10 heteroatoms. The summed E-state index contributed by atoms with van der Waals surface area (Å²) in [6, 6.07) is 18.7. The number of hydrogen-bond donors (Lipinski definition) is 1. The van der Waals surface area contributed by atoms with Gasteiger partial charge in [0.05, 0.1) is 17.9 Å². The van der Waals surface area contributed by atoms with Crippen LogP contribution in [0, 0.1) is 18.3 Å². The van der Waals surface area contributed by atoms with Crippen molar-refractivity contribution in [3.63, 3.8) is 0 Å². The zero-order valence-corrected chi connectivity index (χ0v) is 23.1. The molecular weight excluding hydrogens is 597 g/mol. The molecular formula is C25H21BrCl3NO4S. The quantitative estimate of drug-likeness (QED) is 0.150. The Labute approximate surface area is 228 Å². The van der Waals surface area contributed by atoms with Crippen molar-refractivity contribution in [2.75, 3.05) is 12.8 Å². The molecule has 5 nitrogen and oxygen atoms in total. The summed E-state index contributed by atoms with van der Waals surface area (Å²) in [5, 5.41) is 1.17. The van der Waals surface area contributed by atoms with E-state index in [9.17, 15) is 13.2 Å². The second kappa shape index (κ2) is 13.2. The smallest absolute Gasteiger partial charge is 0.309 e. The first-order chi connectivity index (χ1) is 16.5. The summed E-state index contributed by atoms with van der Waals surface area (Å²) in [6.07, 6.45) is 5.98. The molecule has 2 unspecified atom stereocenters. The van der Waals surface area contributed by atoms with Crippen LogP contribution in [0.1, 0.15) is 23.5 Å². The van der Waals surface area contributed by atoms with Crippen molar-refractivity contribution in [1.82, 2.24) is 0 Å². The highest BCUT2D eigenvalue weighted by atomic mass is 79.9. The molecule has 0 saturated heterocycles. The number of nitrogen functional groups attached to an aromatic ring is 1. The van der Waals surface area contributed by atoms with E-state index in [-0.39, 0.29) is 22.7 Å². The third-order valence-corrected chi connectivity index (χ3v) is 7.12. The van der Waals surface area contributed by atoms with Crippen LogP contribution in [0.4, 0.5) is 5.69 Å². The predicted molar refractivity (Wildman–Crippen MR) is 145 cm³/mol. The summed E-state index contributed by atoms with van der Waals surface area (Å²) in [4.78, 5) is 11.3. The van der Waals surface area contributed by atoms with Gasteiger partial charge in [-0.05, 0) is 72.5 Å². The van der Waals surface area contributed by atoms with Gasteiger partial charge >= 0.3 is 5.97 Å². The molecule has 1 fully saturated rings. The number of terminal acetylenes is 1. The Kier molecular flexibility index (Phi) is 10.9. The van der Waals surface area contributed by atoms with E-state index in [4.69, 9.17) is 50.8 Å². The lowest BCUT2D eigenvalue weighted by atomic mass is 10.1. The molecule has 35 heavy (non-hydrogen) atoms. The van der Waals surface area contributed by atoms with Gasteiger partial charge in [-0.2, -0.15) is 0 Å². The summed E-state index contributed by atoms with van der Waals surface area (Å²) in [7, 11) is 2.86. The summed E-state index contributed by atoms with van der Waals surface area (Å²) >= 11 is 14.8. The van der Waals surface area contributed by atoms with Crippen LogP contribution in [-0.4, -0.2) is 21.5 Å². The monoisotopic (exact) mass is 615 g/mol. The molecule has 1 aliphatic carbocycles. The van der Waals surface area contributed by atoms with Gasteiger partial charge in [0.15, 0.2) is 0 Å². The lowest BCUT2D eigenvalue weighted by Gasteiger charge is -2.02. The standard InChI is InChI=1S/C11H10BrClO2.C8H7N.C6H4Cl2O2S/c1-15-11(14)10-5-9(10)6-2-7(12)4-8(13)3-6;1-2-7-5-3-4-6-8(7)9;7-5-1-3-6(4-2-5)11(8,9)10/h2-4,9-10H,5H2,1H3;1,3-6H,9H2;1-4H. The van der Waals surface area contributed by atoms with E-state index in [1.165, 1.54) is 31.4 Å². The lowest BCUT2D eigenvalue weighted by molar-refractivity contribution is -0.142. The maximum atomic E-state index is 11.3. The molecule has 0 aliphatic heterocycles. The molecule has 3 aromatic carbocycles. The normalized spacial score (nSPS) is 15.9. The first-order valence-corrected chi connectivity index (χ1v) is 13.9. The molecule has 4 rings (SSSR count). The van der Waals surface area contributed by atoms with Gasteiger partial charge < -0.3 is 10.5 Å². The summed E-state index contributed by atoms with van der Waals surface area (Å²) < 4.78 is 27.0. The minimum Gasteiger partial charge on any atom is -0.469 e. The van der Waals surface area contributed by atoms with Crippen LogP contribution in [0.5, 0.6) is 0 Å². The molecule has 0 bridgehead atoms. The SMILES string of the molecule is C#Cc1ccccc1N.COC(=O)C1CC1c1cc(Cl)cc(Br)c1.O=S(=O)(Cl)c1ccc(Cl)cc1. The van der Waals surface area contributed by atoms with Gasteiger partial charge in [-0.15, -0.1) is 6.42 Å². The van der Waals surface area contributed by atoms with Crippen LogP contribution < -0.4 is 5.73 Å². The number of carbonyl (C=O) groups is 1. The number of nitrogens with two attached hydrogens (primary N) is 1. The van der Waals surface area contributed by atoms with Crippen LogP contribution in [0.25, 0.3) is 0 Å². The second-order valence-electron chi connectivity index (χ2n) is 7.30. The molecule has 184 valence electrons. The molecule has 0 aromatic heterocycles. The van der Waals surface area contributed by atoms with Crippen molar-refractivity contribution < 1.29 is 17.9 Å². The number of para-hydroxylation sites is 1. The van der Waals surface area contributed by atoms with E-state index in [0.29, 0.717) is 15.7 Å². The molecule has 0 spiro atoms. The van der Waals surface area contributed by atoms with Crippen LogP contribution in [0.2, 0.25) is 10.0 Å². The minimum atomic E-state index is -3.61. The van der Waals surface area contributed by atoms with E-state index >= 15 is 0 Å². The largest absolute Gasteiger partial charge is 0.469 e. The molecule has 3 aromatic rings. The zero-order valence-electron chi connectivity index (χ0n) is 18.4. The number of hydrogen-bond acceptors (Lipinski definition) is 5. The molecule has 0 heterocycles. The van der Waals surface area contributed by atoms with Gasteiger partial charge in [0.25, 0.3) is 9.05 Å². The molecule has 0 amide bonds. The van der Waals surface area contributed by atoms with Crippen LogP contribution >= 0.6 is 49.8 Å². The number of rotatable bonds is 3. The van der Waals surface area contributed by atoms with Crippen LogP contribution in [0.15, 0.2) is 76.1 Å². The van der Waals surface area contributed by atoms with E-state index < -0.39 is 9.05 Å². The minimum absolute atomic E-state index is 0.0142. The van der Waals surface area contributed by atoms with Gasteiger partial charge in [0.2, 0.25) is 0 Å². The summed E-state index contributed by atoms with van der Waals surface area (Å²) in [5.41, 5.74) is 8.02. The number of esters is 1. The predicted octanol–water partition coefficient (Wildman–Crippen LogP) is 6.90. The van der Waals surface area contributed by atoms with E-state index in [1.807, 2.05) is 36.4 Å². The Morgan fingerprint density at radius 1 is 1.09 bits per heavy atom. The van der Waals surface area contributed by atoms with Crippen molar-refractivity contribution in [2.24, 2.45) is 5.92 Å². The number of halogens is 4. The highest BCUT2D eigenvalue weighted by Crippen LogP contribution is 2.49. The van der Waals surface area contributed by atoms with E-state index in [1.54, 1.807) is 6.07 Å². The van der Waals surface area contributed by atoms with Crippen molar-refractivity contribution in [3.05, 3.63) is 92.4 Å². The van der Waals surface area contributed by atoms with Crippen molar-refractivity contribution in [2.45, 2.75) is 17.2 Å². The molecule has 2 N–H and O–H groups in total. The zero-order chi connectivity index (χ0) is 26.2. The van der Waals surface area contributed by atoms with Gasteiger partial charge in [0, 0.05) is 36.5 Å². The fourth-order valence-corrected chi connectivity index (χ4v) is 4.77. The van der Waals surface area contributed by atoms with Gasteiger partial charge in [-0.25, -0.2) is 8.42 Å². The Bertz CT molecular complexity index is 1310. The summed E-state index contributed by atoms with van der Waals surface area (Å²) in [5.74, 6) is 2.63. The lowest BCUT2D eigenvalue weighted by Crippen LogP contribution is -2.03. The maximum Gasteiger partial charge on any atom is 0.309 e. The van der Waals surface area contributed by atoms with E-state index in [2.05, 4.69) is 21.9 Å². The van der Waals surface area contributed by atoms with Gasteiger partial charge in [-0.1, -0.05) is 57.2 Å². The van der Waals surface area contributed by atoms with Crippen molar-refractivity contribution >= 4 is 70.5 Å². The Hall–Kier alpha value is -2.21. The van der Waals surface area contributed by atoms with E-state index in [0.717, 1.165) is 22.0 Å². The fourth-order valence-electron chi connectivity index (χ4n) is 2.99. The second-order valence-corrected chi connectivity index (χ2v) is 11.7. The topological polar surface area (TPSA) is 86.5 Å². The highest BCUT2D eigenvalue weighted by molar-refractivity contribution is 9.10. The van der Waals surface area contributed by atoms with Crippen LogP contribution in [0.3, 0.4) is 0 Å². The Balaban J connectivity index is 0.000000193. The third kappa shape index (κ3) is 9.40. The third-order valence-electron chi connectivity index (χ3n) is 4.82. The number of carbonyl (C=O) groups excluding carboxylic acids is 1. The van der Waals surface area contributed by atoms with Crippen molar-refractivity contribution in [3.8, 4) is 12.3 Å².